The van der Waals surface area contributed by atoms with E-state index in [2.05, 4.69) is 77.6 Å². The lowest BCUT2D eigenvalue weighted by Crippen LogP contribution is -1.89. The summed E-state index contributed by atoms with van der Waals surface area (Å²) in [4.78, 5) is 4.66. The molecule has 0 N–H and O–H groups in total. The summed E-state index contributed by atoms with van der Waals surface area (Å²) in [5, 5.41) is 2.50. The Kier molecular flexibility index (Phi) is 4.73. The molecule has 1 nitrogen and oxygen atoms in total. The molecule has 0 aliphatic rings. The van der Waals surface area contributed by atoms with Crippen molar-refractivity contribution in [3.05, 3.63) is 120 Å². The highest BCUT2D eigenvalue weighted by atomic mass is 14.7. The van der Waals surface area contributed by atoms with Gasteiger partial charge in [-0.2, -0.15) is 0 Å². The van der Waals surface area contributed by atoms with Crippen molar-refractivity contribution in [1.29, 1.82) is 0 Å². The van der Waals surface area contributed by atoms with Gasteiger partial charge in [-0.25, -0.2) is 4.99 Å². The number of hydrogen-bond acceptors (Lipinski definition) is 1. The standard InChI is InChI=1S/C25H19N/c1-3-10-21(11-4-1)25(22-12-5-2-6-13-22)19-26-18-23-16-9-15-20-14-7-8-17-24(20)23/h1-17H,18H2. The van der Waals surface area contributed by atoms with E-state index in [9.17, 15) is 0 Å². The van der Waals surface area contributed by atoms with Crippen LogP contribution >= 0.6 is 0 Å². The molecular weight excluding hydrogens is 314 g/mol. The first-order valence-corrected chi connectivity index (χ1v) is 8.79. The summed E-state index contributed by atoms with van der Waals surface area (Å²) < 4.78 is 0. The SMILES string of the molecule is C(=NCc1cccc2ccccc12)=C(c1ccccc1)c1ccccc1. The van der Waals surface area contributed by atoms with Crippen LogP contribution in [0.4, 0.5) is 0 Å². The fourth-order valence-electron chi connectivity index (χ4n) is 3.14. The first-order valence-electron chi connectivity index (χ1n) is 8.79. The zero-order chi connectivity index (χ0) is 17.6. The second-order valence-corrected chi connectivity index (χ2v) is 6.17. The molecule has 0 bridgehead atoms. The third kappa shape index (κ3) is 3.49. The molecule has 4 rings (SSSR count). The minimum absolute atomic E-state index is 0.616. The Morgan fingerprint density at radius 2 is 1.19 bits per heavy atom. The Bertz CT molecular complexity index is 1030. The van der Waals surface area contributed by atoms with E-state index in [1.807, 2.05) is 36.4 Å². The van der Waals surface area contributed by atoms with E-state index in [-0.39, 0.29) is 0 Å². The quantitative estimate of drug-likeness (QED) is 0.398. The molecule has 0 heterocycles. The smallest absolute Gasteiger partial charge is 0.0740 e. The van der Waals surface area contributed by atoms with Crippen LogP contribution in [0.2, 0.25) is 0 Å². The summed E-state index contributed by atoms with van der Waals surface area (Å²) in [5.74, 6) is 3.31. The van der Waals surface area contributed by atoms with E-state index in [1.165, 1.54) is 16.3 Å². The number of hydrogen-bond donors (Lipinski definition) is 0. The maximum absolute atomic E-state index is 4.66. The zero-order valence-corrected chi connectivity index (χ0v) is 14.5. The van der Waals surface area contributed by atoms with Gasteiger partial charge in [0.1, 0.15) is 0 Å². The fourth-order valence-corrected chi connectivity index (χ4v) is 3.14. The summed E-state index contributed by atoms with van der Waals surface area (Å²) >= 11 is 0. The average Bonchev–Trinajstić information content (AvgIpc) is 2.72. The molecular formula is C25H19N. The van der Waals surface area contributed by atoms with Gasteiger partial charge in [0, 0.05) is 0 Å². The first kappa shape index (κ1) is 16.1. The minimum Gasteiger partial charge on any atom is -0.238 e. The molecule has 26 heavy (non-hydrogen) atoms. The Balaban J connectivity index is 1.75. The van der Waals surface area contributed by atoms with Crippen molar-refractivity contribution < 1.29 is 0 Å². The van der Waals surface area contributed by atoms with Gasteiger partial charge in [-0.15, -0.1) is 0 Å². The summed E-state index contributed by atoms with van der Waals surface area (Å²) in [6.45, 7) is 0.616. The second kappa shape index (κ2) is 7.65. The second-order valence-electron chi connectivity index (χ2n) is 6.17. The lowest BCUT2D eigenvalue weighted by molar-refractivity contribution is 1.10. The zero-order valence-electron chi connectivity index (χ0n) is 14.5. The van der Waals surface area contributed by atoms with Crippen molar-refractivity contribution in [2.45, 2.75) is 6.54 Å². The number of fused-ring (bicyclic) bond motifs is 1. The van der Waals surface area contributed by atoms with Crippen LogP contribution in [0.25, 0.3) is 16.3 Å². The molecule has 0 saturated carbocycles. The Labute approximate surface area is 154 Å². The summed E-state index contributed by atoms with van der Waals surface area (Å²) in [6, 6.07) is 35.4. The summed E-state index contributed by atoms with van der Waals surface area (Å²) in [6.07, 6.45) is 0. The van der Waals surface area contributed by atoms with E-state index >= 15 is 0 Å². The molecule has 0 radical (unpaired) electrons. The normalized spacial score (nSPS) is 10.3. The van der Waals surface area contributed by atoms with Gasteiger partial charge >= 0.3 is 0 Å². The molecule has 0 aliphatic heterocycles. The van der Waals surface area contributed by atoms with Gasteiger partial charge in [-0.1, -0.05) is 103 Å². The van der Waals surface area contributed by atoms with Gasteiger partial charge in [0.15, 0.2) is 0 Å². The summed E-state index contributed by atoms with van der Waals surface area (Å²) in [5.41, 5.74) is 4.49. The number of aliphatic imine (C=N–C) groups is 1. The predicted octanol–water partition coefficient (Wildman–Crippen LogP) is 6.14. The van der Waals surface area contributed by atoms with Crippen LogP contribution in [-0.2, 0) is 6.54 Å². The van der Waals surface area contributed by atoms with Crippen LogP contribution in [0, 0.1) is 0 Å². The van der Waals surface area contributed by atoms with Crippen molar-refractivity contribution in [1.82, 2.24) is 0 Å². The maximum atomic E-state index is 4.66. The Hall–Kier alpha value is -3.41. The predicted molar refractivity (Wildman–Crippen MR) is 110 cm³/mol. The van der Waals surface area contributed by atoms with Crippen molar-refractivity contribution in [2.75, 3.05) is 0 Å². The third-order valence-electron chi connectivity index (χ3n) is 4.45. The average molecular weight is 333 g/mol. The van der Waals surface area contributed by atoms with Crippen LogP contribution in [0.3, 0.4) is 0 Å². The number of rotatable bonds is 4. The molecule has 1 heteroatoms. The van der Waals surface area contributed by atoms with Crippen molar-refractivity contribution >= 4 is 22.2 Å². The minimum atomic E-state index is 0.616. The van der Waals surface area contributed by atoms with Gasteiger partial charge in [-0.05, 0) is 33.3 Å². The molecule has 0 fully saturated rings. The molecule has 4 aromatic carbocycles. The van der Waals surface area contributed by atoms with E-state index in [0.29, 0.717) is 6.54 Å². The van der Waals surface area contributed by atoms with E-state index in [4.69, 9.17) is 0 Å². The van der Waals surface area contributed by atoms with Gasteiger partial charge < -0.3 is 0 Å². The highest BCUT2D eigenvalue weighted by Gasteiger charge is 2.04. The van der Waals surface area contributed by atoms with Gasteiger partial charge in [0.2, 0.25) is 0 Å². The van der Waals surface area contributed by atoms with E-state index in [0.717, 1.165) is 16.7 Å². The number of benzene rings is 4. The van der Waals surface area contributed by atoms with Gasteiger partial charge in [0.05, 0.1) is 12.1 Å². The van der Waals surface area contributed by atoms with Crippen LogP contribution in [0.15, 0.2) is 108 Å². The molecule has 0 saturated heterocycles. The maximum Gasteiger partial charge on any atom is 0.0740 e. The highest BCUT2D eigenvalue weighted by molar-refractivity contribution is 5.98. The van der Waals surface area contributed by atoms with Crippen molar-refractivity contribution in [3.63, 3.8) is 0 Å². The monoisotopic (exact) mass is 333 g/mol. The van der Waals surface area contributed by atoms with E-state index in [1.54, 1.807) is 0 Å². The van der Waals surface area contributed by atoms with Crippen LogP contribution in [-0.4, -0.2) is 5.87 Å². The van der Waals surface area contributed by atoms with Crippen LogP contribution in [0.1, 0.15) is 16.7 Å². The Morgan fingerprint density at radius 3 is 1.88 bits per heavy atom. The highest BCUT2D eigenvalue weighted by Crippen LogP contribution is 2.21. The molecule has 4 aromatic rings. The fraction of sp³-hybridized carbons (Fsp3) is 0.0400. The van der Waals surface area contributed by atoms with Gasteiger partial charge in [-0.3, -0.25) is 0 Å². The van der Waals surface area contributed by atoms with Crippen LogP contribution < -0.4 is 0 Å². The molecule has 0 spiro atoms. The topological polar surface area (TPSA) is 12.4 Å². The molecule has 0 atom stereocenters. The van der Waals surface area contributed by atoms with Crippen molar-refractivity contribution in [2.24, 2.45) is 4.99 Å². The lowest BCUT2D eigenvalue weighted by Gasteiger charge is -2.05. The largest absolute Gasteiger partial charge is 0.238 e. The molecule has 0 amide bonds. The summed E-state index contributed by atoms with van der Waals surface area (Å²) in [7, 11) is 0. The van der Waals surface area contributed by atoms with Gasteiger partial charge in [0.25, 0.3) is 0 Å². The first-order chi connectivity index (χ1) is 12.9. The molecule has 124 valence electrons. The van der Waals surface area contributed by atoms with E-state index < -0.39 is 0 Å². The molecule has 0 aromatic heterocycles. The Morgan fingerprint density at radius 1 is 0.615 bits per heavy atom. The lowest BCUT2D eigenvalue weighted by atomic mass is 9.99. The van der Waals surface area contributed by atoms with Crippen LogP contribution in [0.5, 0.6) is 0 Å². The number of nitrogens with zero attached hydrogens (tertiary/aromatic N) is 1. The van der Waals surface area contributed by atoms with Crippen molar-refractivity contribution in [3.8, 4) is 0 Å². The molecule has 0 unspecified atom stereocenters. The third-order valence-corrected chi connectivity index (χ3v) is 4.45. The molecule has 0 aliphatic carbocycles.